The summed E-state index contributed by atoms with van der Waals surface area (Å²) in [5, 5.41) is 4.63. The van der Waals surface area contributed by atoms with Gasteiger partial charge in [-0.3, -0.25) is 4.79 Å². The highest BCUT2D eigenvalue weighted by Gasteiger charge is 2.34. The van der Waals surface area contributed by atoms with Crippen LogP contribution in [0.5, 0.6) is 0 Å². The van der Waals surface area contributed by atoms with Crippen LogP contribution in [0.3, 0.4) is 0 Å². The van der Waals surface area contributed by atoms with Crippen LogP contribution in [0.15, 0.2) is 0 Å². The van der Waals surface area contributed by atoms with Crippen LogP contribution in [0, 0.1) is 19.8 Å². The number of Topliss-reactive ketones (excluding diaryl/α,β-unsaturated/α-hetero) is 1. The van der Waals surface area contributed by atoms with E-state index in [0.717, 1.165) is 17.1 Å². The number of ketones is 1. The molecule has 0 aromatic carbocycles. The van der Waals surface area contributed by atoms with Gasteiger partial charge in [-0.25, -0.2) is 4.98 Å². The largest absolute Gasteiger partial charge is 0.311 e. The Bertz CT molecular complexity index is 451. The van der Waals surface area contributed by atoms with Crippen LogP contribution in [-0.4, -0.2) is 22.9 Å². The van der Waals surface area contributed by atoms with Crippen LogP contribution >= 0.6 is 11.3 Å². The predicted molar refractivity (Wildman–Crippen MR) is 77.6 cm³/mol. The summed E-state index contributed by atoms with van der Waals surface area (Å²) in [7, 11) is 0. The molecule has 0 radical (unpaired) electrons. The van der Waals surface area contributed by atoms with Gasteiger partial charge < -0.3 is 5.32 Å². The Kier molecular flexibility index (Phi) is 3.72. The maximum absolute atomic E-state index is 12.2. The lowest BCUT2D eigenvalue weighted by Crippen LogP contribution is -2.38. The molecule has 3 rings (SSSR count). The molecular formula is C15H22N2OS. The van der Waals surface area contributed by atoms with Crippen molar-refractivity contribution in [2.75, 3.05) is 0 Å². The Morgan fingerprint density at radius 3 is 2.58 bits per heavy atom. The highest BCUT2D eigenvalue weighted by Crippen LogP contribution is 2.33. The van der Waals surface area contributed by atoms with Crippen molar-refractivity contribution in [1.82, 2.24) is 10.3 Å². The SMILES string of the molecule is Cc1nc(CC(=O)CC2CC3CCC(C2)N3)sc1C. The zero-order valence-electron chi connectivity index (χ0n) is 11.7. The number of hydrogen-bond donors (Lipinski definition) is 1. The van der Waals surface area contributed by atoms with Gasteiger partial charge in [0.2, 0.25) is 0 Å². The molecule has 4 heteroatoms. The topological polar surface area (TPSA) is 42.0 Å². The lowest BCUT2D eigenvalue weighted by Gasteiger charge is -2.28. The van der Waals surface area contributed by atoms with E-state index in [1.807, 2.05) is 6.92 Å². The van der Waals surface area contributed by atoms with E-state index in [1.165, 1.54) is 30.6 Å². The minimum Gasteiger partial charge on any atom is -0.311 e. The Morgan fingerprint density at radius 1 is 1.32 bits per heavy atom. The summed E-state index contributed by atoms with van der Waals surface area (Å²) in [5.41, 5.74) is 1.08. The van der Waals surface area contributed by atoms with Gasteiger partial charge in [-0.1, -0.05) is 0 Å². The number of carbonyl (C=O) groups is 1. The maximum atomic E-state index is 12.2. The summed E-state index contributed by atoms with van der Waals surface area (Å²) >= 11 is 1.67. The van der Waals surface area contributed by atoms with Crippen molar-refractivity contribution in [2.45, 2.75) is 64.5 Å². The number of fused-ring (bicyclic) bond motifs is 2. The number of rotatable bonds is 4. The maximum Gasteiger partial charge on any atom is 0.139 e. The Labute approximate surface area is 118 Å². The number of piperidine rings is 1. The fourth-order valence-corrected chi connectivity index (χ4v) is 4.48. The number of aryl methyl sites for hydroxylation is 2. The molecule has 19 heavy (non-hydrogen) atoms. The second kappa shape index (κ2) is 5.33. The van der Waals surface area contributed by atoms with Crippen LogP contribution in [0.2, 0.25) is 0 Å². The van der Waals surface area contributed by atoms with Crippen LogP contribution in [0.25, 0.3) is 0 Å². The lowest BCUT2D eigenvalue weighted by molar-refractivity contribution is -0.119. The molecule has 2 saturated heterocycles. The second-order valence-electron chi connectivity index (χ2n) is 6.14. The average Bonchev–Trinajstić information content (AvgIpc) is 2.82. The van der Waals surface area contributed by atoms with E-state index in [9.17, 15) is 4.79 Å². The fourth-order valence-electron chi connectivity index (χ4n) is 3.52. The van der Waals surface area contributed by atoms with E-state index in [4.69, 9.17) is 0 Å². The molecular weight excluding hydrogens is 256 g/mol. The molecule has 3 nitrogen and oxygen atoms in total. The van der Waals surface area contributed by atoms with E-state index in [1.54, 1.807) is 11.3 Å². The molecule has 0 aliphatic carbocycles. The van der Waals surface area contributed by atoms with E-state index in [-0.39, 0.29) is 0 Å². The molecule has 0 saturated carbocycles. The average molecular weight is 278 g/mol. The highest BCUT2D eigenvalue weighted by atomic mass is 32.1. The van der Waals surface area contributed by atoms with Gasteiger partial charge in [-0.2, -0.15) is 0 Å². The molecule has 2 fully saturated rings. The van der Waals surface area contributed by atoms with Crippen molar-refractivity contribution in [1.29, 1.82) is 0 Å². The van der Waals surface area contributed by atoms with Crippen LogP contribution in [0.4, 0.5) is 0 Å². The van der Waals surface area contributed by atoms with Gasteiger partial charge in [0.15, 0.2) is 0 Å². The lowest BCUT2D eigenvalue weighted by atomic mass is 9.88. The van der Waals surface area contributed by atoms with Crippen LogP contribution < -0.4 is 5.32 Å². The van der Waals surface area contributed by atoms with Gasteiger partial charge in [0.1, 0.15) is 10.8 Å². The van der Waals surface area contributed by atoms with Crippen LogP contribution in [-0.2, 0) is 11.2 Å². The standard InChI is InChI=1S/C15H22N2OS/c1-9-10(2)19-15(16-9)8-14(18)7-11-5-12-3-4-13(6-11)17-12/h11-13,17H,3-8H2,1-2H3. The minimum atomic E-state index is 0.375. The number of thiazole rings is 1. The fraction of sp³-hybridized carbons (Fsp3) is 0.733. The molecule has 2 atom stereocenters. The smallest absolute Gasteiger partial charge is 0.139 e. The van der Waals surface area contributed by atoms with E-state index in [2.05, 4.69) is 17.2 Å². The van der Waals surface area contributed by atoms with Crippen molar-refractivity contribution in [3.05, 3.63) is 15.6 Å². The molecule has 104 valence electrons. The Hall–Kier alpha value is -0.740. The van der Waals surface area contributed by atoms with Crippen LogP contribution in [0.1, 0.15) is 47.7 Å². The molecule has 2 aliphatic heterocycles. The first-order valence-electron chi connectivity index (χ1n) is 7.31. The Morgan fingerprint density at radius 2 is 2.00 bits per heavy atom. The van der Waals surface area contributed by atoms with Gasteiger partial charge in [-0.15, -0.1) is 11.3 Å². The quantitative estimate of drug-likeness (QED) is 0.921. The third-order valence-electron chi connectivity index (χ3n) is 4.51. The molecule has 0 spiro atoms. The third-order valence-corrected chi connectivity index (χ3v) is 5.58. The van der Waals surface area contributed by atoms with Crippen molar-refractivity contribution in [3.63, 3.8) is 0 Å². The normalized spacial score (nSPS) is 29.7. The third kappa shape index (κ3) is 3.06. The van der Waals surface area contributed by atoms with Crippen molar-refractivity contribution < 1.29 is 4.79 Å². The van der Waals surface area contributed by atoms with E-state index in [0.29, 0.717) is 30.2 Å². The summed E-state index contributed by atoms with van der Waals surface area (Å²) in [5.74, 6) is 0.980. The van der Waals surface area contributed by atoms with E-state index < -0.39 is 0 Å². The predicted octanol–water partition coefficient (Wildman–Crippen LogP) is 2.79. The summed E-state index contributed by atoms with van der Waals surface area (Å²) in [4.78, 5) is 17.9. The van der Waals surface area contributed by atoms with Crippen molar-refractivity contribution >= 4 is 17.1 Å². The first-order valence-corrected chi connectivity index (χ1v) is 8.12. The monoisotopic (exact) mass is 278 g/mol. The first kappa shape index (κ1) is 13.3. The zero-order chi connectivity index (χ0) is 13.4. The molecule has 0 amide bonds. The van der Waals surface area contributed by atoms with Crippen molar-refractivity contribution in [2.24, 2.45) is 5.92 Å². The molecule has 2 unspecified atom stereocenters. The number of nitrogens with one attached hydrogen (secondary N) is 1. The van der Waals surface area contributed by atoms with Crippen molar-refractivity contribution in [3.8, 4) is 0 Å². The summed E-state index contributed by atoms with van der Waals surface area (Å²) in [6, 6.07) is 1.36. The molecule has 2 bridgehead atoms. The van der Waals surface area contributed by atoms with E-state index >= 15 is 0 Å². The minimum absolute atomic E-state index is 0.375. The summed E-state index contributed by atoms with van der Waals surface area (Å²) in [6.07, 6.45) is 6.29. The number of nitrogens with zero attached hydrogens (tertiary/aromatic N) is 1. The van der Waals surface area contributed by atoms with Gasteiger partial charge >= 0.3 is 0 Å². The first-order chi connectivity index (χ1) is 9.10. The van der Waals surface area contributed by atoms with Gasteiger partial charge in [0, 0.05) is 23.4 Å². The second-order valence-corrected chi connectivity index (χ2v) is 7.43. The summed E-state index contributed by atoms with van der Waals surface area (Å²) < 4.78 is 0. The number of aromatic nitrogens is 1. The number of carbonyl (C=O) groups excluding carboxylic acids is 1. The zero-order valence-corrected chi connectivity index (χ0v) is 12.6. The summed E-state index contributed by atoms with van der Waals surface area (Å²) in [6.45, 7) is 4.09. The highest BCUT2D eigenvalue weighted by molar-refractivity contribution is 7.11. The Balaban J connectivity index is 1.54. The van der Waals surface area contributed by atoms with Gasteiger partial charge in [-0.05, 0) is 45.4 Å². The molecule has 1 N–H and O–H groups in total. The number of hydrogen-bond acceptors (Lipinski definition) is 4. The molecule has 1 aromatic heterocycles. The van der Waals surface area contributed by atoms with Gasteiger partial charge in [0.25, 0.3) is 0 Å². The molecule has 3 heterocycles. The van der Waals surface area contributed by atoms with Gasteiger partial charge in [0.05, 0.1) is 12.1 Å². The molecule has 1 aromatic rings. The molecule has 2 aliphatic rings.